The van der Waals surface area contributed by atoms with Gasteiger partial charge in [0, 0.05) is 5.38 Å². The first kappa shape index (κ1) is 12.4. The average molecular weight is 286 g/mol. The van der Waals surface area contributed by atoms with Crippen LogP contribution in [0.15, 0.2) is 28.7 Å². The number of rotatable bonds is 3. The summed E-state index contributed by atoms with van der Waals surface area (Å²) in [7, 11) is 0. The zero-order valence-electron chi connectivity index (χ0n) is 8.95. The second kappa shape index (κ2) is 5.49. The molecule has 0 amide bonds. The van der Waals surface area contributed by atoms with Crippen molar-refractivity contribution >= 4 is 46.4 Å². The third-order valence-electron chi connectivity index (χ3n) is 1.95. The minimum atomic E-state index is 0.497. The molecule has 0 spiro atoms. The van der Waals surface area contributed by atoms with E-state index in [9.17, 15) is 0 Å². The van der Waals surface area contributed by atoms with Gasteiger partial charge in [0.15, 0.2) is 0 Å². The van der Waals surface area contributed by atoms with Crippen LogP contribution in [0, 0.1) is 6.92 Å². The first-order valence-corrected chi connectivity index (χ1v) is 6.45. The normalized spacial score (nSPS) is 11.0. The molecule has 1 N–H and O–H groups in total. The molecule has 2 rings (SSSR count). The number of aromatic nitrogens is 1. The highest BCUT2D eigenvalue weighted by atomic mass is 35.5. The van der Waals surface area contributed by atoms with Gasteiger partial charge in [-0.05, 0) is 25.1 Å². The van der Waals surface area contributed by atoms with Gasteiger partial charge in [-0.2, -0.15) is 5.10 Å². The predicted octanol–water partition coefficient (Wildman–Crippen LogP) is 4.20. The summed E-state index contributed by atoms with van der Waals surface area (Å²) in [6.45, 7) is 1.95. The Morgan fingerprint density at radius 1 is 1.35 bits per heavy atom. The number of thiazole rings is 1. The maximum atomic E-state index is 5.88. The number of halogens is 2. The van der Waals surface area contributed by atoms with Crippen molar-refractivity contribution < 1.29 is 0 Å². The van der Waals surface area contributed by atoms with Gasteiger partial charge in [-0.15, -0.1) is 11.3 Å². The lowest BCUT2D eigenvalue weighted by Crippen LogP contribution is -1.90. The van der Waals surface area contributed by atoms with Crippen LogP contribution in [0.1, 0.15) is 10.7 Å². The van der Waals surface area contributed by atoms with Crippen molar-refractivity contribution in [1.82, 2.24) is 4.98 Å². The summed E-state index contributed by atoms with van der Waals surface area (Å²) in [5, 5.41) is 8.04. The molecule has 0 fully saturated rings. The number of hydrazone groups is 1. The van der Waals surface area contributed by atoms with Crippen molar-refractivity contribution in [2.24, 2.45) is 5.10 Å². The Hall–Kier alpha value is -1.10. The summed E-state index contributed by atoms with van der Waals surface area (Å²) in [5.74, 6) is 0. The molecular formula is C11H9Cl2N3S. The third-order valence-corrected chi connectivity index (χ3v) is 3.48. The summed E-state index contributed by atoms with van der Waals surface area (Å²) in [4.78, 5) is 4.26. The Morgan fingerprint density at radius 3 is 2.82 bits per heavy atom. The van der Waals surface area contributed by atoms with Gasteiger partial charge < -0.3 is 0 Å². The van der Waals surface area contributed by atoms with Crippen molar-refractivity contribution in [2.45, 2.75) is 6.92 Å². The van der Waals surface area contributed by atoms with Crippen LogP contribution in [-0.4, -0.2) is 11.2 Å². The van der Waals surface area contributed by atoms with E-state index < -0.39 is 0 Å². The van der Waals surface area contributed by atoms with Crippen LogP contribution in [0.3, 0.4) is 0 Å². The smallest absolute Gasteiger partial charge is 0.0942 e. The average Bonchev–Trinajstić information content (AvgIpc) is 2.70. The number of hydrogen-bond donors (Lipinski definition) is 1. The topological polar surface area (TPSA) is 37.3 Å². The molecule has 1 heterocycles. The van der Waals surface area contributed by atoms with Gasteiger partial charge in [0.2, 0.25) is 0 Å². The second-order valence-corrected chi connectivity index (χ2v) is 5.17. The Balaban J connectivity index is 2.02. The van der Waals surface area contributed by atoms with Gasteiger partial charge in [0.1, 0.15) is 0 Å². The lowest BCUT2D eigenvalue weighted by molar-refractivity contribution is 1.27. The molecule has 1 aromatic heterocycles. The molecule has 88 valence electrons. The van der Waals surface area contributed by atoms with Gasteiger partial charge >= 0.3 is 0 Å². The van der Waals surface area contributed by atoms with Gasteiger partial charge in [-0.3, -0.25) is 5.43 Å². The number of anilines is 1. The molecule has 0 saturated heterocycles. The van der Waals surface area contributed by atoms with E-state index in [1.165, 1.54) is 0 Å². The van der Waals surface area contributed by atoms with E-state index in [1.54, 1.807) is 35.8 Å². The van der Waals surface area contributed by atoms with Crippen LogP contribution in [-0.2, 0) is 0 Å². The molecule has 3 nitrogen and oxygen atoms in total. The largest absolute Gasteiger partial charge is 0.278 e. The second-order valence-electron chi connectivity index (χ2n) is 3.29. The molecular weight excluding hydrogens is 277 g/mol. The molecule has 0 aliphatic rings. The highest BCUT2D eigenvalue weighted by molar-refractivity contribution is 7.09. The fourth-order valence-corrected chi connectivity index (χ4v) is 2.04. The number of hydrogen-bond acceptors (Lipinski definition) is 4. The highest BCUT2D eigenvalue weighted by Crippen LogP contribution is 2.24. The zero-order valence-corrected chi connectivity index (χ0v) is 11.3. The molecule has 0 bridgehead atoms. The van der Waals surface area contributed by atoms with E-state index in [2.05, 4.69) is 15.5 Å². The zero-order chi connectivity index (χ0) is 12.3. The molecule has 0 unspecified atom stereocenters. The minimum absolute atomic E-state index is 0.497. The van der Waals surface area contributed by atoms with Crippen molar-refractivity contribution in [3.63, 3.8) is 0 Å². The van der Waals surface area contributed by atoms with Gasteiger partial charge in [0.05, 0.1) is 32.6 Å². The number of benzene rings is 1. The third kappa shape index (κ3) is 3.43. The van der Waals surface area contributed by atoms with Crippen LogP contribution >= 0.6 is 34.5 Å². The standard InChI is InChI=1S/C11H9Cl2N3S/c1-7-15-9(6-17-7)5-14-16-8-2-3-10(12)11(13)4-8/h2-6,16H,1H3/b14-5-. The maximum Gasteiger partial charge on any atom is 0.0942 e. The SMILES string of the molecule is Cc1nc(/C=N\Nc2ccc(Cl)c(Cl)c2)cs1. The van der Waals surface area contributed by atoms with Crippen molar-refractivity contribution in [3.8, 4) is 0 Å². The fourth-order valence-electron chi connectivity index (χ4n) is 1.18. The van der Waals surface area contributed by atoms with Crippen LogP contribution in [0.25, 0.3) is 0 Å². The first-order chi connectivity index (χ1) is 8.15. The molecule has 0 atom stereocenters. The van der Waals surface area contributed by atoms with Gasteiger partial charge in [-0.1, -0.05) is 23.2 Å². The van der Waals surface area contributed by atoms with E-state index >= 15 is 0 Å². The first-order valence-electron chi connectivity index (χ1n) is 4.81. The van der Waals surface area contributed by atoms with Crippen molar-refractivity contribution in [1.29, 1.82) is 0 Å². The van der Waals surface area contributed by atoms with Crippen molar-refractivity contribution in [3.05, 3.63) is 44.3 Å². The summed E-state index contributed by atoms with van der Waals surface area (Å²) in [5.41, 5.74) is 4.47. The predicted molar refractivity (Wildman–Crippen MR) is 74.5 cm³/mol. The van der Waals surface area contributed by atoms with Gasteiger partial charge in [-0.25, -0.2) is 4.98 Å². The summed E-state index contributed by atoms with van der Waals surface area (Å²) in [6.07, 6.45) is 1.66. The van der Waals surface area contributed by atoms with E-state index in [4.69, 9.17) is 23.2 Å². The van der Waals surface area contributed by atoms with E-state index in [1.807, 2.05) is 12.3 Å². The Kier molecular flexibility index (Phi) is 3.99. The summed E-state index contributed by atoms with van der Waals surface area (Å²) < 4.78 is 0. The van der Waals surface area contributed by atoms with Crippen LogP contribution in [0.5, 0.6) is 0 Å². The number of aryl methyl sites for hydroxylation is 1. The molecule has 17 heavy (non-hydrogen) atoms. The Bertz CT molecular complexity index is 551. The fraction of sp³-hybridized carbons (Fsp3) is 0.0909. The van der Waals surface area contributed by atoms with Crippen molar-refractivity contribution in [2.75, 3.05) is 5.43 Å². The maximum absolute atomic E-state index is 5.88. The molecule has 0 saturated carbocycles. The molecule has 0 radical (unpaired) electrons. The minimum Gasteiger partial charge on any atom is -0.278 e. The Morgan fingerprint density at radius 2 is 2.18 bits per heavy atom. The van der Waals surface area contributed by atoms with E-state index in [-0.39, 0.29) is 0 Å². The lowest BCUT2D eigenvalue weighted by atomic mass is 10.3. The number of nitrogens with one attached hydrogen (secondary N) is 1. The number of nitrogens with zero attached hydrogens (tertiary/aromatic N) is 2. The monoisotopic (exact) mass is 285 g/mol. The van der Waals surface area contributed by atoms with Crippen LogP contribution < -0.4 is 5.43 Å². The van der Waals surface area contributed by atoms with E-state index in [0.717, 1.165) is 16.4 Å². The molecule has 0 aliphatic heterocycles. The summed E-state index contributed by atoms with van der Waals surface area (Å²) >= 11 is 13.3. The molecule has 0 aliphatic carbocycles. The van der Waals surface area contributed by atoms with Crippen LogP contribution in [0.4, 0.5) is 5.69 Å². The molecule has 2 aromatic rings. The molecule has 6 heteroatoms. The highest BCUT2D eigenvalue weighted by Gasteiger charge is 1.98. The quantitative estimate of drug-likeness (QED) is 0.678. The summed E-state index contributed by atoms with van der Waals surface area (Å²) in [6, 6.07) is 5.24. The van der Waals surface area contributed by atoms with Gasteiger partial charge in [0.25, 0.3) is 0 Å². The van der Waals surface area contributed by atoms with Crippen LogP contribution in [0.2, 0.25) is 10.0 Å². The molecule has 1 aromatic carbocycles. The van der Waals surface area contributed by atoms with E-state index in [0.29, 0.717) is 10.0 Å². The lowest BCUT2D eigenvalue weighted by Gasteiger charge is -2.01. The Labute approximate surface area is 113 Å².